The highest BCUT2D eigenvalue weighted by Crippen LogP contribution is 2.26. The molecule has 0 spiro atoms. The number of rotatable bonds is 4. The molecule has 0 saturated carbocycles. The van der Waals surface area contributed by atoms with Gasteiger partial charge in [-0.15, -0.1) is 0 Å². The van der Waals surface area contributed by atoms with Gasteiger partial charge in [0.2, 0.25) is 0 Å². The summed E-state index contributed by atoms with van der Waals surface area (Å²) in [6, 6.07) is 5.52. The van der Waals surface area contributed by atoms with Crippen molar-refractivity contribution in [1.82, 2.24) is 4.90 Å². The van der Waals surface area contributed by atoms with Crippen LogP contribution in [-0.4, -0.2) is 43.2 Å². The summed E-state index contributed by atoms with van der Waals surface area (Å²) in [5.41, 5.74) is 0.639. The van der Waals surface area contributed by atoms with Gasteiger partial charge in [0.15, 0.2) is 0 Å². The van der Waals surface area contributed by atoms with E-state index in [1.807, 2.05) is 30.9 Å². The van der Waals surface area contributed by atoms with E-state index in [1.54, 1.807) is 13.2 Å². The topological polar surface area (TPSA) is 38.8 Å². The molecule has 1 heterocycles. The third-order valence-corrected chi connectivity index (χ3v) is 4.00. The lowest BCUT2D eigenvalue weighted by atomic mass is 10.2. The Hall–Kier alpha value is -1.07. The van der Waals surface area contributed by atoms with Crippen LogP contribution in [0.4, 0.5) is 0 Å². The van der Waals surface area contributed by atoms with Gasteiger partial charge in [-0.3, -0.25) is 4.79 Å². The Balaban J connectivity index is 2.16. The van der Waals surface area contributed by atoms with Crippen molar-refractivity contribution >= 4 is 21.8 Å². The standard InChI is InChI=1S/C15H20BrNO3/c1-10(2)20-11-4-5-14(16)13(8-11)15(18)17-7-6-12(9-17)19-3/h4-5,8,10,12H,6-7,9H2,1-3H3. The van der Waals surface area contributed by atoms with Crippen molar-refractivity contribution in [1.29, 1.82) is 0 Å². The maximum absolute atomic E-state index is 12.6. The SMILES string of the molecule is COC1CCN(C(=O)c2cc(OC(C)C)ccc2Br)C1. The first kappa shape index (κ1) is 15.3. The van der Waals surface area contributed by atoms with Gasteiger partial charge in [-0.25, -0.2) is 0 Å². The van der Waals surface area contributed by atoms with Crippen molar-refractivity contribution in [2.45, 2.75) is 32.5 Å². The molecular weight excluding hydrogens is 322 g/mol. The quantitative estimate of drug-likeness (QED) is 0.844. The molecule has 1 aliphatic rings. The number of hydrogen-bond donors (Lipinski definition) is 0. The predicted octanol–water partition coefficient (Wildman–Crippen LogP) is 3.10. The van der Waals surface area contributed by atoms with E-state index in [2.05, 4.69) is 15.9 Å². The Morgan fingerprint density at radius 1 is 1.45 bits per heavy atom. The first-order chi connectivity index (χ1) is 9.51. The van der Waals surface area contributed by atoms with E-state index in [0.717, 1.165) is 17.4 Å². The summed E-state index contributed by atoms with van der Waals surface area (Å²) in [6.07, 6.45) is 1.12. The van der Waals surface area contributed by atoms with Crippen molar-refractivity contribution in [3.8, 4) is 5.75 Å². The van der Waals surface area contributed by atoms with Crippen molar-refractivity contribution < 1.29 is 14.3 Å². The molecule has 1 fully saturated rings. The van der Waals surface area contributed by atoms with E-state index >= 15 is 0 Å². The largest absolute Gasteiger partial charge is 0.491 e. The third kappa shape index (κ3) is 3.52. The second-order valence-electron chi connectivity index (χ2n) is 5.21. The number of carbonyl (C=O) groups is 1. The minimum absolute atomic E-state index is 0.0191. The summed E-state index contributed by atoms with van der Waals surface area (Å²) in [6.45, 7) is 5.32. The van der Waals surface area contributed by atoms with Gasteiger partial charge in [0.25, 0.3) is 5.91 Å². The minimum atomic E-state index is 0.0191. The summed E-state index contributed by atoms with van der Waals surface area (Å²) < 4.78 is 11.7. The molecule has 0 aromatic heterocycles. The van der Waals surface area contributed by atoms with Crippen LogP contribution in [0.3, 0.4) is 0 Å². The average Bonchev–Trinajstić information content (AvgIpc) is 2.88. The second kappa shape index (κ2) is 6.59. The van der Waals surface area contributed by atoms with Crippen LogP contribution in [0.25, 0.3) is 0 Å². The number of methoxy groups -OCH3 is 1. The highest BCUT2D eigenvalue weighted by Gasteiger charge is 2.28. The van der Waals surface area contributed by atoms with Crippen LogP contribution in [0.1, 0.15) is 30.6 Å². The Kier molecular flexibility index (Phi) is 5.05. The molecule has 0 N–H and O–H groups in total. The van der Waals surface area contributed by atoms with Crippen LogP contribution in [0.15, 0.2) is 22.7 Å². The highest BCUT2D eigenvalue weighted by molar-refractivity contribution is 9.10. The maximum atomic E-state index is 12.6. The summed E-state index contributed by atoms with van der Waals surface area (Å²) in [5.74, 6) is 0.736. The number of benzene rings is 1. The van der Waals surface area contributed by atoms with E-state index in [9.17, 15) is 4.79 Å². The zero-order valence-electron chi connectivity index (χ0n) is 12.1. The van der Waals surface area contributed by atoms with Crippen molar-refractivity contribution in [3.05, 3.63) is 28.2 Å². The number of halogens is 1. The van der Waals surface area contributed by atoms with Crippen molar-refractivity contribution in [2.75, 3.05) is 20.2 Å². The molecule has 1 atom stereocenters. The van der Waals surface area contributed by atoms with Gasteiger partial charge < -0.3 is 14.4 Å². The molecule has 1 aromatic carbocycles. The van der Waals surface area contributed by atoms with Crippen LogP contribution < -0.4 is 4.74 Å². The fraction of sp³-hybridized carbons (Fsp3) is 0.533. The number of likely N-dealkylation sites (tertiary alicyclic amines) is 1. The maximum Gasteiger partial charge on any atom is 0.255 e. The Morgan fingerprint density at radius 3 is 2.80 bits per heavy atom. The lowest BCUT2D eigenvalue weighted by Gasteiger charge is -2.18. The number of hydrogen-bond acceptors (Lipinski definition) is 3. The van der Waals surface area contributed by atoms with Crippen LogP contribution in [-0.2, 0) is 4.74 Å². The molecular formula is C15H20BrNO3. The molecule has 1 amide bonds. The number of amides is 1. The molecule has 0 radical (unpaired) electrons. The monoisotopic (exact) mass is 341 g/mol. The summed E-state index contributed by atoms with van der Waals surface area (Å²) in [4.78, 5) is 14.4. The van der Waals surface area contributed by atoms with Gasteiger partial charge in [-0.2, -0.15) is 0 Å². The first-order valence-electron chi connectivity index (χ1n) is 6.79. The van der Waals surface area contributed by atoms with Gasteiger partial charge in [0.05, 0.1) is 17.8 Å². The molecule has 1 aliphatic heterocycles. The summed E-state index contributed by atoms with van der Waals surface area (Å²) in [7, 11) is 1.69. The minimum Gasteiger partial charge on any atom is -0.491 e. The number of ether oxygens (including phenoxy) is 2. The second-order valence-corrected chi connectivity index (χ2v) is 6.06. The smallest absolute Gasteiger partial charge is 0.255 e. The molecule has 20 heavy (non-hydrogen) atoms. The molecule has 1 aromatic rings. The van der Waals surface area contributed by atoms with Gasteiger partial charge in [0.1, 0.15) is 5.75 Å². The number of carbonyl (C=O) groups excluding carboxylic acids is 1. The van der Waals surface area contributed by atoms with Crippen LogP contribution in [0, 0.1) is 0 Å². The zero-order chi connectivity index (χ0) is 14.7. The Bertz CT molecular complexity index is 490. The molecule has 1 saturated heterocycles. The third-order valence-electron chi connectivity index (χ3n) is 3.31. The first-order valence-corrected chi connectivity index (χ1v) is 7.59. The molecule has 2 rings (SSSR count). The van der Waals surface area contributed by atoms with Crippen molar-refractivity contribution in [3.63, 3.8) is 0 Å². The predicted molar refractivity (Wildman–Crippen MR) is 81.2 cm³/mol. The van der Waals surface area contributed by atoms with Crippen molar-refractivity contribution in [2.24, 2.45) is 0 Å². The molecule has 5 heteroatoms. The molecule has 0 aliphatic carbocycles. The van der Waals surface area contributed by atoms with Crippen LogP contribution in [0.5, 0.6) is 5.75 Å². The fourth-order valence-electron chi connectivity index (χ4n) is 2.29. The van der Waals surface area contributed by atoms with E-state index in [1.165, 1.54) is 0 Å². The lowest BCUT2D eigenvalue weighted by molar-refractivity contribution is 0.0722. The average molecular weight is 342 g/mol. The summed E-state index contributed by atoms with van der Waals surface area (Å²) in [5, 5.41) is 0. The fourth-order valence-corrected chi connectivity index (χ4v) is 2.71. The van der Waals surface area contributed by atoms with E-state index in [0.29, 0.717) is 17.9 Å². The molecule has 1 unspecified atom stereocenters. The Morgan fingerprint density at radius 2 is 2.20 bits per heavy atom. The van der Waals surface area contributed by atoms with Gasteiger partial charge in [-0.05, 0) is 54.4 Å². The van der Waals surface area contributed by atoms with Gasteiger partial charge in [0, 0.05) is 24.7 Å². The molecule has 4 nitrogen and oxygen atoms in total. The van der Waals surface area contributed by atoms with Gasteiger partial charge >= 0.3 is 0 Å². The van der Waals surface area contributed by atoms with E-state index in [-0.39, 0.29) is 18.1 Å². The molecule has 0 bridgehead atoms. The van der Waals surface area contributed by atoms with E-state index < -0.39 is 0 Å². The Labute approximate surface area is 128 Å². The van der Waals surface area contributed by atoms with E-state index in [4.69, 9.17) is 9.47 Å². The zero-order valence-corrected chi connectivity index (χ0v) is 13.6. The number of nitrogens with zero attached hydrogens (tertiary/aromatic N) is 1. The summed E-state index contributed by atoms with van der Waals surface area (Å²) >= 11 is 3.44. The highest BCUT2D eigenvalue weighted by atomic mass is 79.9. The van der Waals surface area contributed by atoms with Crippen LogP contribution in [0.2, 0.25) is 0 Å². The normalized spacial score (nSPS) is 18.6. The van der Waals surface area contributed by atoms with Gasteiger partial charge in [-0.1, -0.05) is 0 Å². The van der Waals surface area contributed by atoms with Crippen LogP contribution >= 0.6 is 15.9 Å². The molecule has 110 valence electrons. The lowest BCUT2D eigenvalue weighted by Crippen LogP contribution is -2.30.